The largest absolute Gasteiger partial charge is 0.480 e. The van der Waals surface area contributed by atoms with Gasteiger partial charge in [-0.25, -0.2) is 9.78 Å². The van der Waals surface area contributed by atoms with Crippen molar-refractivity contribution in [1.82, 2.24) is 9.97 Å². The van der Waals surface area contributed by atoms with Gasteiger partial charge >= 0.3 is 5.97 Å². The van der Waals surface area contributed by atoms with Crippen molar-refractivity contribution in [2.75, 3.05) is 0 Å². The van der Waals surface area contributed by atoms with E-state index in [1.165, 1.54) is 6.92 Å². The number of nitrogens with zero attached hydrogens (tertiary/aromatic N) is 1. The number of imidazole rings is 1. The number of hydrogen-bond acceptors (Lipinski definition) is 3. The number of rotatable bonds is 2. The highest BCUT2D eigenvalue weighted by Crippen LogP contribution is 2.18. The number of nitrogens with two attached hydrogens (primary N) is 1. The SMILES string of the molecule is CC(N)(C(=O)O)c1nc2ccccc2[nH]1. The molecule has 0 saturated heterocycles. The first-order chi connectivity index (χ1) is 7.01. The van der Waals surface area contributed by atoms with E-state index in [0.717, 1.165) is 5.52 Å². The standard InChI is InChI=1S/C10H11N3O2/c1-10(11,9(14)15)8-12-6-4-2-3-5-7(6)13-8/h2-5H,11H2,1H3,(H,12,13)(H,14,15). The summed E-state index contributed by atoms with van der Waals surface area (Å²) in [6.07, 6.45) is 0. The zero-order chi connectivity index (χ0) is 11.1. The van der Waals surface area contributed by atoms with E-state index in [9.17, 15) is 4.79 Å². The number of H-pyrrole nitrogens is 1. The Bertz CT molecular complexity index is 483. The molecule has 4 N–H and O–H groups in total. The average molecular weight is 205 g/mol. The minimum atomic E-state index is -1.49. The molecule has 5 nitrogen and oxygen atoms in total. The molecule has 1 atom stereocenters. The fourth-order valence-corrected chi connectivity index (χ4v) is 1.30. The van der Waals surface area contributed by atoms with Crippen LogP contribution in [0.15, 0.2) is 24.3 Å². The molecule has 0 spiro atoms. The highest BCUT2D eigenvalue weighted by Gasteiger charge is 2.33. The first-order valence-corrected chi connectivity index (χ1v) is 4.49. The Morgan fingerprint density at radius 3 is 2.80 bits per heavy atom. The first-order valence-electron chi connectivity index (χ1n) is 4.49. The molecule has 0 aliphatic rings. The monoisotopic (exact) mass is 205 g/mol. The van der Waals surface area contributed by atoms with E-state index < -0.39 is 11.5 Å². The molecular weight excluding hydrogens is 194 g/mol. The van der Waals surface area contributed by atoms with Crippen LogP contribution in [0.1, 0.15) is 12.7 Å². The molecule has 0 aliphatic heterocycles. The van der Waals surface area contributed by atoms with Crippen molar-refractivity contribution in [2.24, 2.45) is 5.73 Å². The third-order valence-corrected chi connectivity index (χ3v) is 2.33. The van der Waals surface area contributed by atoms with E-state index >= 15 is 0 Å². The third kappa shape index (κ3) is 1.46. The maximum absolute atomic E-state index is 10.9. The van der Waals surface area contributed by atoms with Crippen LogP contribution in [-0.2, 0) is 10.3 Å². The molecule has 0 fully saturated rings. The number of aromatic nitrogens is 2. The lowest BCUT2D eigenvalue weighted by molar-refractivity contribution is -0.143. The summed E-state index contributed by atoms with van der Waals surface area (Å²) in [5.41, 5.74) is 5.66. The van der Waals surface area contributed by atoms with Gasteiger partial charge in [0, 0.05) is 0 Å². The van der Waals surface area contributed by atoms with Gasteiger partial charge in [-0.15, -0.1) is 0 Å². The second kappa shape index (κ2) is 3.06. The van der Waals surface area contributed by atoms with Gasteiger partial charge in [0.15, 0.2) is 5.54 Å². The molecule has 1 heterocycles. The molecule has 1 aromatic heterocycles. The number of carbonyl (C=O) groups is 1. The Balaban J connectivity index is 2.58. The number of aliphatic carboxylic acids is 1. The van der Waals surface area contributed by atoms with Crippen LogP contribution in [0.25, 0.3) is 11.0 Å². The number of aromatic amines is 1. The molecular formula is C10H11N3O2. The second-order valence-electron chi connectivity index (χ2n) is 3.61. The number of para-hydroxylation sites is 2. The van der Waals surface area contributed by atoms with Gasteiger partial charge in [0.05, 0.1) is 11.0 Å². The molecule has 2 rings (SSSR count). The normalized spacial score (nSPS) is 15.1. The number of nitrogens with one attached hydrogen (secondary N) is 1. The Morgan fingerprint density at radius 1 is 1.53 bits per heavy atom. The fraction of sp³-hybridized carbons (Fsp3) is 0.200. The lowest BCUT2D eigenvalue weighted by Crippen LogP contribution is -2.42. The van der Waals surface area contributed by atoms with Gasteiger partial charge in [-0.3, -0.25) is 0 Å². The van der Waals surface area contributed by atoms with Crippen molar-refractivity contribution in [3.05, 3.63) is 30.1 Å². The van der Waals surface area contributed by atoms with Gasteiger partial charge in [0.1, 0.15) is 5.82 Å². The summed E-state index contributed by atoms with van der Waals surface area (Å²) in [5, 5.41) is 8.93. The van der Waals surface area contributed by atoms with Gasteiger partial charge in [-0.05, 0) is 19.1 Å². The van der Waals surface area contributed by atoms with E-state index in [4.69, 9.17) is 10.8 Å². The number of fused-ring (bicyclic) bond motifs is 1. The summed E-state index contributed by atoms with van der Waals surface area (Å²) in [6.45, 7) is 1.41. The lowest BCUT2D eigenvalue weighted by Gasteiger charge is -2.15. The fourth-order valence-electron chi connectivity index (χ4n) is 1.30. The average Bonchev–Trinajstić information content (AvgIpc) is 2.61. The first kappa shape index (κ1) is 9.67. The molecule has 15 heavy (non-hydrogen) atoms. The Kier molecular flexibility index (Phi) is 1.97. The summed E-state index contributed by atoms with van der Waals surface area (Å²) < 4.78 is 0. The van der Waals surface area contributed by atoms with Crippen LogP contribution in [0.3, 0.4) is 0 Å². The van der Waals surface area contributed by atoms with Crippen LogP contribution in [-0.4, -0.2) is 21.0 Å². The zero-order valence-corrected chi connectivity index (χ0v) is 8.19. The highest BCUT2D eigenvalue weighted by atomic mass is 16.4. The van der Waals surface area contributed by atoms with Gasteiger partial charge in [0.2, 0.25) is 0 Å². The summed E-state index contributed by atoms with van der Waals surface area (Å²) in [6, 6.07) is 7.30. The predicted octanol–water partition coefficient (Wildman–Crippen LogP) is 0.821. The van der Waals surface area contributed by atoms with Crippen molar-refractivity contribution in [3.8, 4) is 0 Å². The van der Waals surface area contributed by atoms with E-state index in [1.54, 1.807) is 6.07 Å². The Hall–Kier alpha value is -1.88. The Morgan fingerprint density at radius 2 is 2.20 bits per heavy atom. The number of carboxylic acids is 1. The van der Waals surface area contributed by atoms with Crippen LogP contribution in [0.4, 0.5) is 0 Å². The van der Waals surface area contributed by atoms with E-state index in [-0.39, 0.29) is 5.82 Å². The molecule has 0 radical (unpaired) electrons. The van der Waals surface area contributed by atoms with Gasteiger partial charge < -0.3 is 15.8 Å². The van der Waals surface area contributed by atoms with Crippen LogP contribution in [0, 0.1) is 0 Å². The number of carboxylic acid groups (broad SMARTS) is 1. The van der Waals surface area contributed by atoms with Gasteiger partial charge in [-0.1, -0.05) is 12.1 Å². The molecule has 1 unspecified atom stereocenters. The maximum atomic E-state index is 10.9. The molecule has 0 bridgehead atoms. The molecule has 0 saturated carbocycles. The topological polar surface area (TPSA) is 92.0 Å². The lowest BCUT2D eigenvalue weighted by atomic mass is 10.0. The zero-order valence-electron chi connectivity index (χ0n) is 8.19. The van der Waals surface area contributed by atoms with Crippen LogP contribution >= 0.6 is 0 Å². The van der Waals surface area contributed by atoms with Crippen molar-refractivity contribution >= 4 is 17.0 Å². The smallest absolute Gasteiger partial charge is 0.331 e. The number of hydrogen-bond donors (Lipinski definition) is 3. The molecule has 2 aromatic rings. The van der Waals surface area contributed by atoms with Crippen molar-refractivity contribution in [1.29, 1.82) is 0 Å². The van der Waals surface area contributed by atoms with E-state index in [2.05, 4.69) is 9.97 Å². The van der Waals surface area contributed by atoms with Gasteiger partial charge in [0.25, 0.3) is 0 Å². The summed E-state index contributed by atoms with van der Waals surface area (Å²) in [7, 11) is 0. The highest BCUT2D eigenvalue weighted by molar-refractivity contribution is 5.81. The van der Waals surface area contributed by atoms with Crippen molar-refractivity contribution in [3.63, 3.8) is 0 Å². The minimum absolute atomic E-state index is 0.260. The van der Waals surface area contributed by atoms with Crippen molar-refractivity contribution < 1.29 is 9.90 Å². The van der Waals surface area contributed by atoms with Crippen LogP contribution in [0.5, 0.6) is 0 Å². The van der Waals surface area contributed by atoms with Crippen molar-refractivity contribution in [2.45, 2.75) is 12.5 Å². The molecule has 78 valence electrons. The minimum Gasteiger partial charge on any atom is -0.480 e. The van der Waals surface area contributed by atoms with Crippen LogP contribution in [0.2, 0.25) is 0 Å². The summed E-state index contributed by atoms with van der Waals surface area (Å²) in [4.78, 5) is 18.0. The predicted molar refractivity (Wildman–Crippen MR) is 55.3 cm³/mol. The summed E-state index contributed by atoms with van der Waals surface area (Å²) >= 11 is 0. The molecule has 0 amide bonds. The Labute approximate surface area is 85.9 Å². The number of benzene rings is 1. The maximum Gasteiger partial charge on any atom is 0.331 e. The van der Waals surface area contributed by atoms with Gasteiger partial charge in [-0.2, -0.15) is 0 Å². The molecule has 1 aromatic carbocycles. The summed E-state index contributed by atoms with van der Waals surface area (Å²) in [5.74, 6) is -0.849. The van der Waals surface area contributed by atoms with Crippen LogP contribution < -0.4 is 5.73 Å². The quantitative estimate of drug-likeness (QED) is 0.676. The molecule has 5 heteroatoms. The van der Waals surface area contributed by atoms with E-state index in [0.29, 0.717) is 5.52 Å². The molecule has 0 aliphatic carbocycles. The third-order valence-electron chi connectivity index (χ3n) is 2.33. The second-order valence-corrected chi connectivity index (χ2v) is 3.61. The van der Waals surface area contributed by atoms with E-state index in [1.807, 2.05) is 18.2 Å².